The van der Waals surface area contributed by atoms with Crippen molar-refractivity contribution in [1.82, 2.24) is 14.2 Å². The van der Waals surface area contributed by atoms with Crippen LogP contribution in [0.3, 0.4) is 0 Å². The fraction of sp³-hybridized carbons (Fsp3) is 0.600. The number of hydrogen-bond acceptors (Lipinski definition) is 3. The van der Waals surface area contributed by atoms with Crippen molar-refractivity contribution < 1.29 is 0 Å². The average Bonchev–Trinajstić information content (AvgIpc) is 2.93. The highest BCUT2D eigenvalue weighted by Gasteiger charge is 2.20. The fourth-order valence-corrected chi connectivity index (χ4v) is 3.30. The van der Waals surface area contributed by atoms with E-state index in [0.717, 1.165) is 23.6 Å². The Balaban J connectivity index is 2.14. The number of fused-ring (bicyclic) bond motifs is 1. The Morgan fingerprint density at radius 2 is 2.05 bits per heavy atom. The SMILES string of the molecule is CCn1c(CN)cc(=O)n2nc(C3CCCCC3)cc12. The van der Waals surface area contributed by atoms with Crippen molar-refractivity contribution in [3.05, 3.63) is 33.9 Å². The number of nitrogens with zero attached hydrogens (tertiary/aromatic N) is 3. The zero-order valence-corrected chi connectivity index (χ0v) is 12.0. The second kappa shape index (κ2) is 5.40. The Hall–Kier alpha value is -1.62. The molecule has 5 heteroatoms. The molecule has 0 bridgehead atoms. The van der Waals surface area contributed by atoms with E-state index in [0.29, 0.717) is 12.5 Å². The zero-order chi connectivity index (χ0) is 14.1. The van der Waals surface area contributed by atoms with Gasteiger partial charge < -0.3 is 10.3 Å². The molecule has 1 aliphatic rings. The number of aromatic nitrogens is 3. The molecule has 0 aliphatic heterocycles. The summed E-state index contributed by atoms with van der Waals surface area (Å²) in [6.07, 6.45) is 6.24. The molecule has 1 fully saturated rings. The zero-order valence-electron chi connectivity index (χ0n) is 12.0. The van der Waals surface area contributed by atoms with Crippen LogP contribution in [0.2, 0.25) is 0 Å². The molecule has 5 nitrogen and oxygen atoms in total. The first-order chi connectivity index (χ1) is 9.74. The van der Waals surface area contributed by atoms with Crippen LogP contribution in [0.25, 0.3) is 5.65 Å². The maximum absolute atomic E-state index is 12.2. The molecular weight excluding hydrogens is 252 g/mol. The average molecular weight is 274 g/mol. The summed E-state index contributed by atoms with van der Waals surface area (Å²) in [6.45, 7) is 3.24. The highest BCUT2D eigenvalue weighted by molar-refractivity contribution is 5.43. The molecule has 0 saturated heterocycles. The second-order valence-electron chi connectivity index (χ2n) is 5.60. The minimum absolute atomic E-state index is 0.0767. The van der Waals surface area contributed by atoms with Crippen LogP contribution < -0.4 is 11.3 Å². The molecule has 2 aromatic heterocycles. The van der Waals surface area contributed by atoms with Gasteiger partial charge in [-0.25, -0.2) is 0 Å². The van der Waals surface area contributed by atoms with Gasteiger partial charge in [-0.1, -0.05) is 19.3 Å². The van der Waals surface area contributed by atoms with Crippen LogP contribution in [0.4, 0.5) is 0 Å². The van der Waals surface area contributed by atoms with Crippen molar-refractivity contribution in [3.8, 4) is 0 Å². The van der Waals surface area contributed by atoms with E-state index >= 15 is 0 Å². The molecule has 0 amide bonds. The maximum Gasteiger partial charge on any atom is 0.274 e. The summed E-state index contributed by atoms with van der Waals surface area (Å²) in [5.41, 5.74) is 8.49. The van der Waals surface area contributed by atoms with E-state index in [1.54, 1.807) is 6.07 Å². The molecule has 0 spiro atoms. The van der Waals surface area contributed by atoms with Crippen molar-refractivity contribution >= 4 is 5.65 Å². The van der Waals surface area contributed by atoms with Crippen LogP contribution in [-0.2, 0) is 13.1 Å². The van der Waals surface area contributed by atoms with E-state index in [2.05, 4.69) is 22.7 Å². The fourth-order valence-electron chi connectivity index (χ4n) is 3.30. The molecule has 1 saturated carbocycles. The number of nitrogens with two attached hydrogens (primary N) is 1. The summed E-state index contributed by atoms with van der Waals surface area (Å²) in [5, 5.41) is 4.56. The van der Waals surface area contributed by atoms with Crippen molar-refractivity contribution in [1.29, 1.82) is 0 Å². The molecule has 2 aromatic rings. The van der Waals surface area contributed by atoms with Crippen molar-refractivity contribution in [3.63, 3.8) is 0 Å². The molecule has 108 valence electrons. The summed E-state index contributed by atoms with van der Waals surface area (Å²) in [4.78, 5) is 12.2. The Labute approximate surface area is 118 Å². The van der Waals surface area contributed by atoms with Gasteiger partial charge in [0.15, 0.2) is 0 Å². The normalized spacial score (nSPS) is 16.9. The van der Waals surface area contributed by atoms with E-state index in [4.69, 9.17) is 5.73 Å². The van der Waals surface area contributed by atoms with E-state index < -0.39 is 0 Å². The smallest absolute Gasteiger partial charge is 0.274 e. The molecule has 0 aromatic carbocycles. The third-order valence-corrected chi connectivity index (χ3v) is 4.38. The Morgan fingerprint density at radius 3 is 2.70 bits per heavy atom. The van der Waals surface area contributed by atoms with Gasteiger partial charge >= 0.3 is 0 Å². The molecule has 2 heterocycles. The first-order valence-electron chi connectivity index (χ1n) is 7.57. The van der Waals surface area contributed by atoms with Crippen LogP contribution in [0.15, 0.2) is 16.9 Å². The predicted octanol–water partition coefficient (Wildman–Crippen LogP) is 2.02. The van der Waals surface area contributed by atoms with Gasteiger partial charge in [-0.2, -0.15) is 9.61 Å². The van der Waals surface area contributed by atoms with E-state index in [-0.39, 0.29) is 5.56 Å². The summed E-state index contributed by atoms with van der Waals surface area (Å²) >= 11 is 0. The lowest BCUT2D eigenvalue weighted by molar-refractivity contribution is 0.435. The Bertz CT molecular complexity index is 664. The van der Waals surface area contributed by atoms with Crippen molar-refractivity contribution in [2.75, 3.05) is 0 Å². The van der Waals surface area contributed by atoms with E-state index in [1.807, 2.05) is 0 Å². The lowest BCUT2D eigenvalue weighted by Crippen LogP contribution is -2.22. The summed E-state index contributed by atoms with van der Waals surface area (Å²) in [7, 11) is 0. The van der Waals surface area contributed by atoms with Gasteiger partial charge in [-0.15, -0.1) is 0 Å². The number of aryl methyl sites for hydroxylation is 1. The van der Waals surface area contributed by atoms with Crippen LogP contribution in [0, 0.1) is 0 Å². The number of rotatable bonds is 3. The van der Waals surface area contributed by atoms with Gasteiger partial charge in [0, 0.05) is 36.8 Å². The van der Waals surface area contributed by atoms with Gasteiger partial charge in [0.25, 0.3) is 5.56 Å². The van der Waals surface area contributed by atoms with E-state index in [1.165, 1.54) is 36.6 Å². The van der Waals surface area contributed by atoms with Crippen molar-refractivity contribution in [2.24, 2.45) is 5.73 Å². The molecule has 2 N–H and O–H groups in total. The van der Waals surface area contributed by atoms with Crippen LogP contribution >= 0.6 is 0 Å². The van der Waals surface area contributed by atoms with E-state index in [9.17, 15) is 4.79 Å². The summed E-state index contributed by atoms with van der Waals surface area (Å²) in [6, 6.07) is 3.69. The minimum atomic E-state index is -0.0767. The molecular formula is C15H22N4O. The molecule has 0 radical (unpaired) electrons. The highest BCUT2D eigenvalue weighted by atomic mass is 16.1. The molecule has 1 aliphatic carbocycles. The van der Waals surface area contributed by atoms with Crippen molar-refractivity contribution in [2.45, 2.75) is 58.0 Å². The first kappa shape index (κ1) is 13.4. The van der Waals surface area contributed by atoms with Gasteiger partial charge in [-0.05, 0) is 19.8 Å². The molecule has 0 atom stereocenters. The quantitative estimate of drug-likeness (QED) is 0.931. The van der Waals surface area contributed by atoms with Gasteiger partial charge in [0.1, 0.15) is 5.65 Å². The first-order valence-corrected chi connectivity index (χ1v) is 7.57. The third-order valence-electron chi connectivity index (χ3n) is 4.38. The number of hydrogen-bond donors (Lipinski definition) is 1. The standard InChI is InChI=1S/C15H22N4O/c1-2-18-12(10-16)8-15(20)19-14(18)9-13(17-19)11-6-4-3-5-7-11/h8-9,11H,2-7,10,16H2,1H3. The van der Waals surface area contributed by atoms with Crippen LogP contribution in [-0.4, -0.2) is 14.2 Å². The van der Waals surface area contributed by atoms with Crippen LogP contribution in [0.1, 0.15) is 56.3 Å². The van der Waals surface area contributed by atoms with Crippen LogP contribution in [0.5, 0.6) is 0 Å². The van der Waals surface area contributed by atoms with Gasteiger partial charge in [0.2, 0.25) is 0 Å². The topological polar surface area (TPSA) is 65.3 Å². The third kappa shape index (κ3) is 2.16. The molecule has 3 rings (SSSR count). The lowest BCUT2D eigenvalue weighted by atomic mass is 9.87. The Morgan fingerprint density at radius 1 is 1.30 bits per heavy atom. The lowest BCUT2D eigenvalue weighted by Gasteiger charge is -2.18. The monoisotopic (exact) mass is 274 g/mol. The summed E-state index contributed by atoms with van der Waals surface area (Å²) < 4.78 is 3.62. The minimum Gasteiger partial charge on any atom is -0.329 e. The van der Waals surface area contributed by atoms with Gasteiger partial charge in [-0.3, -0.25) is 4.79 Å². The second-order valence-corrected chi connectivity index (χ2v) is 5.60. The summed E-state index contributed by atoms with van der Waals surface area (Å²) in [5.74, 6) is 0.509. The largest absolute Gasteiger partial charge is 0.329 e. The predicted molar refractivity (Wildman–Crippen MR) is 78.8 cm³/mol. The van der Waals surface area contributed by atoms with Gasteiger partial charge in [0.05, 0.1) is 5.69 Å². The maximum atomic E-state index is 12.2. The Kier molecular flexibility index (Phi) is 3.61. The highest BCUT2D eigenvalue weighted by Crippen LogP contribution is 2.32. The molecule has 20 heavy (non-hydrogen) atoms. The molecule has 0 unspecified atom stereocenters.